The van der Waals surface area contributed by atoms with Crippen LogP contribution < -0.4 is 5.32 Å². The van der Waals surface area contributed by atoms with Gasteiger partial charge in [-0.15, -0.1) is 0 Å². The van der Waals surface area contributed by atoms with Crippen molar-refractivity contribution in [2.45, 2.75) is 0 Å². The number of rotatable bonds is 5. The first-order valence-electron chi connectivity index (χ1n) is 8.47. The molecule has 0 saturated carbocycles. The molecular weight excluding hydrogens is 394 g/mol. The van der Waals surface area contributed by atoms with Gasteiger partial charge in [-0.3, -0.25) is 5.10 Å². The highest BCUT2D eigenvalue weighted by Gasteiger charge is 2.14. The lowest BCUT2D eigenvalue weighted by molar-refractivity contribution is 0.0697. The van der Waals surface area contributed by atoms with Gasteiger partial charge in [-0.1, -0.05) is 23.7 Å². The molecule has 0 aliphatic heterocycles. The van der Waals surface area contributed by atoms with Crippen molar-refractivity contribution in [3.63, 3.8) is 0 Å². The standard InChI is InChI=1S/C20H14ClN5O3/c21-15-5-4-11(9-17(15)27)18-14(10-23-26-18)16-6-7-22-20(25-16)24-13-3-1-2-12(8-13)19(28)29/h1-10,27H,(H,23,26)(H,28,29)(H,22,24,25). The van der Waals surface area contributed by atoms with Crippen LogP contribution in [-0.4, -0.2) is 36.3 Å². The smallest absolute Gasteiger partial charge is 0.335 e. The summed E-state index contributed by atoms with van der Waals surface area (Å²) in [6, 6.07) is 13.0. The number of hydrogen-bond donors (Lipinski definition) is 4. The maximum absolute atomic E-state index is 11.1. The Morgan fingerprint density at radius 1 is 1.14 bits per heavy atom. The average Bonchev–Trinajstić information content (AvgIpc) is 3.20. The summed E-state index contributed by atoms with van der Waals surface area (Å²) in [5.74, 6) is -0.748. The van der Waals surface area contributed by atoms with E-state index in [9.17, 15) is 9.90 Å². The Bertz CT molecular complexity index is 1210. The summed E-state index contributed by atoms with van der Waals surface area (Å²) in [4.78, 5) is 19.8. The van der Waals surface area contributed by atoms with Crippen molar-refractivity contribution in [3.05, 3.63) is 71.5 Å². The van der Waals surface area contributed by atoms with Crippen LogP contribution in [0.2, 0.25) is 5.02 Å². The largest absolute Gasteiger partial charge is 0.506 e. The number of aromatic amines is 1. The molecule has 29 heavy (non-hydrogen) atoms. The van der Waals surface area contributed by atoms with E-state index in [0.717, 1.165) is 0 Å². The normalized spacial score (nSPS) is 10.7. The van der Waals surface area contributed by atoms with Gasteiger partial charge in [-0.2, -0.15) is 5.10 Å². The van der Waals surface area contributed by atoms with E-state index in [0.29, 0.717) is 34.2 Å². The second-order valence-corrected chi connectivity index (χ2v) is 6.51. The van der Waals surface area contributed by atoms with Crippen LogP contribution in [0.15, 0.2) is 60.9 Å². The van der Waals surface area contributed by atoms with Gasteiger partial charge in [0, 0.05) is 23.0 Å². The molecule has 9 heteroatoms. The molecule has 0 amide bonds. The third-order valence-corrected chi connectivity index (χ3v) is 4.49. The molecule has 0 atom stereocenters. The summed E-state index contributed by atoms with van der Waals surface area (Å²) in [5.41, 5.74) is 3.37. The highest BCUT2D eigenvalue weighted by atomic mass is 35.5. The molecule has 0 aliphatic carbocycles. The number of anilines is 2. The number of aromatic hydroxyl groups is 1. The second kappa shape index (κ2) is 7.61. The zero-order valence-electron chi connectivity index (χ0n) is 14.8. The van der Waals surface area contributed by atoms with E-state index >= 15 is 0 Å². The third-order valence-electron chi connectivity index (χ3n) is 4.17. The number of nitrogens with zero attached hydrogens (tertiary/aromatic N) is 3. The number of H-pyrrole nitrogens is 1. The Morgan fingerprint density at radius 2 is 2.00 bits per heavy atom. The van der Waals surface area contributed by atoms with Crippen LogP contribution in [0.3, 0.4) is 0 Å². The van der Waals surface area contributed by atoms with Crippen molar-refractivity contribution in [2.24, 2.45) is 0 Å². The summed E-state index contributed by atoms with van der Waals surface area (Å²) in [6.45, 7) is 0. The molecular formula is C20H14ClN5O3. The molecule has 2 aromatic carbocycles. The minimum Gasteiger partial charge on any atom is -0.506 e. The van der Waals surface area contributed by atoms with Crippen LogP contribution in [0.1, 0.15) is 10.4 Å². The first-order valence-corrected chi connectivity index (χ1v) is 8.85. The summed E-state index contributed by atoms with van der Waals surface area (Å²) in [6.07, 6.45) is 3.21. The van der Waals surface area contributed by atoms with Crippen LogP contribution in [0, 0.1) is 0 Å². The summed E-state index contributed by atoms with van der Waals surface area (Å²) < 4.78 is 0. The predicted octanol–water partition coefficient (Wildman–Crippen LogP) is 4.33. The highest BCUT2D eigenvalue weighted by molar-refractivity contribution is 6.32. The minimum absolute atomic E-state index is 0.0342. The van der Waals surface area contributed by atoms with E-state index < -0.39 is 5.97 Å². The second-order valence-electron chi connectivity index (χ2n) is 6.10. The van der Waals surface area contributed by atoms with Gasteiger partial charge in [-0.25, -0.2) is 14.8 Å². The number of carboxylic acid groups (broad SMARTS) is 1. The van der Waals surface area contributed by atoms with Gasteiger partial charge in [0.15, 0.2) is 0 Å². The summed E-state index contributed by atoms with van der Waals surface area (Å²) in [7, 11) is 0. The topological polar surface area (TPSA) is 124 Å². The molecule has 4 rings (SSSR count). The summed E-state index contributed by atoms with van der Waals surface area (Å²) >= 11 is 5.89. The molecule has 0 fully saturated rings. The van der Waals surface area contributed by atoms with Crippen molar-refractivity contribution < 1.29 is 15.0 Å². The van der Waals surface area contributed by atoms with E-state index in [2.05, 4.69) is 25.5 Å². The van der Waals surface area contributed by atoms with Crippen molar-refractivity contribution in [2.75, 3.05) is 5.32 Å². The van der Waals surface area contributed by atoms with E-state index in [4.69, 9.17) is 16.7 Å². The maximum atomic E-state index is 11.1. The lowest BCUT2D eigenvalue weighted by Gasteiger charge is -2.08. The van der Waals surface area contributed by atoms with E-state index in [1.165, 1.54) is 18.2 Å². The van der Waals surface area contributed by atoms with Gasteiger partial charge in [0.1, 0.15) is 5.75 Å². The Labute approximate surface area is 169 Å². The Hall–Kier alpha value is -3.91. The van der Waals surface area contributed by atoms with Crippen LogP contribution in [0.5, 0.6) is 5.75 Å². The number of phenolic OH excluding ortho intramolecular Hbond substituents is 1. The molecule has 2 heterocycles. The fraction of sp³-hybridized carbons (Fsp3) is 0. The van der Waals surface area contributed by atoms with Gasteiger partial charge >= 0.3 is 5.97 Å². The van der Waals surface area contributed by atoms with Crippen LogP contribution in [-0.2, 0) is 0 Å². The Morgan fingerprint density at radius 3 is 2.79 bits per heavy atom. The fourth-order valence-electron chi connectivity index (χ4n) is 2.80. The zero-order valence-corrected chi connectivity index (χ0v) is 15.6. The molecule has 4 aromatic rings. The molecule has 144 valence electrons. The molecule has 0 spiro atoms. The highest BCUT2D eigenvalue weighted by Crippen LogP contribution is 2.33. The van der Waals surface area contributed by atoms with Gasteiger partial charge in [0.25, 0.3) is 0 Å². The number of carbonyl (C=O) groups is 1. The SMILES string of the molecule is O=C(O)c1cccc(Nc2nccc(-c3cn[nH]c3-c3ccc(Cl)c(O)c3)n2)c1. The monoisotopic (exact) mass is 407 g/mol. The molecule has 0 bridgehead atoms. The molecule has 0 radical (unpaired) electrons. The number of carboxylic acids is 1. The fourth-order valence-corrected chi connectivity index (χ4v) is 2.91. The Balaban J connectivity index is 1.67. The molecule has 0 unspecified atom stereocenters. The van der Waals surface area contributed by atoms with Crippen LogP contribution >= 0.6 is 11.6 Å². The van der Waals surface area contributed by atoms with Gasteiger partial charge in [-0.05, 0) is 36.4 Å². The van der Waals surface area contributed by atoms with Crippen LogP contribution in [0.25, 0.3) is 22.5 Å². The number of aromatic carboxylic acids is 1. The quantitative estimate of drug-likeness (QED) is 0.388. The van der Waals surface area contributed by atoms with Crippen molar-refractivity contribution in [3.8, 4) is 28.3 Å². The van der Waals surface area contributed by atoms with Crippen molar-refractivity contribution >= 4 is 29.2 Å². The predicted molar refractivity (Wildman–Crippen MR) is 108 cm³/mol. The molecule has 0 saturated heterocycles. The number of phenols is 1. The van der Waals surface area contributed by atoms with E-state index in [-0.39, 0.29) is 16.3 Å². The van der Waals surface area contributed by atoms with Gasteiger partial charge in [0.2, 0.25) is 5.95 Å². The van der Waals surface area contributed by atoms with Crippen LogP contribution in [0.4, 0.5) is 11.6 Å². The van der Waals surface area contributed by atoms with E-state index in [1.807, 2.05) is 0 Å². The number of hydrogen-bond acceptors (Lipinski definition) is 6. The first kappa shape index (κ1) is 18.5. The van der Waals surface area contributed by atoms with Gasteiger partial charge in [0.05, 0.1) is 28.2 Å². The first-order chi connectivity index (χ1) is 14.0. The number of halogens is 1. The third kappa shape index (κ3) is 3.87. The minimum atomic E-state index is -1.02. The molecule has 8 nitrogen and oxygen atoms in total. The number of aromatic nitrogens is 4. The number of benzene rings is 2. The average molecular weight is 408 g/mol. The Kier molecular flexibility index (Phi) is 4.84. The van der Waals surface area contributed by atoms with Gasteiger partial charge < -0.3 is 15.5 Å². The summed E-state index contributed by atoms with van der Waals surface area (Å²) in [5, 5.41) is 29.3. The molecule has 4 N–H and O–H groups in total. The molecule has 2 aromatic heterocycles. The van der Waals surface area contributed by atoms with Crippen molar-refractivity contribution in [1.82, 2.24) is 20.2 Å². The lowest BCUT2D eigenvalue weighted by atomic mass is 10.1. The maximum Gasteiger partial charge on any atom is 0.335 e. The number of nitrogens with one attached hydrogen (secondary N) is 2. The zero-order chi connectivity index (χ0) is 20.4. The molecule has 0 aliphatic rings. The van der Waals surface area contributed by atoms with E-state index in [1.54, 1.807) is 42.7 Å². The lowest BCUT2D eigenvalue weighted by Crippen LogP contribution is -2.00. The van der Waals surface area contributed by atoms with Crippen molar-refractivity contribution in [1.29, 1.82) is 0 Å².